The summed E-state index contributed by atoms with van der Waals surface area (Å²) < 4.78 is 24.5. The van der Waals surface area contributed by atoms with Crippen molar-refractivity contribution in [1.82, 2.24) is 19.6 Å². The lowest BCUT2D eigenvalue weighted by Gasteiger charge is -2.33. The van der Waals surface area contributed by atoms with Crippen LogP contribution in [0.2, 0.25) is 0 Å². The Kier molecular flexibility index (Phi) is 10.2. The molecule has 10 nitrogen and oxygen atoms in total. The Labute approximate surface area is 229 Å². The van der Waals surface area contributed by atoms with Crippen molar-refractivity contribution in [3.63, 3.8) is 0 Å². The highest BCUT2D eigenvalue weighted by Gasteiger charge is 2.37. The van der Waals surface area contributed by atoms with Gasteiger partial charge in [-0.2, -0.15) is 5.10 Å². The number of carbonyl (C=O) groups excluding carboxylic acids is 1. The largest absolute Gasteiger partial charge is 0.493 e. The number of hydrogen-bond donors (Lipinski definition) is 1. The minimum atomic E-state index is -1.27. The Hall–Kier alpha value is -3.60. The molecular weight excluding hydrogens is 500 g/mol. The number of para-hydroxylation sites is 1. The van der Waals surface area contributed by atoms with Crippen LogP contribution in [0.5, 0.6) is 17.2 Å². The molecule has 1 atom stereocenters. The fourth-order valence-electron chi connectivity index (χ4n) is 4.66. The standard InChI is InChI=1S/C29H38N4O6/c1-36-20-28(34)32-16-15-31(21-29(35,22-32)23-39-25-8-4-3-5-9-25)19-24-10-11-26(37-2)27(18-24)38-17-7-14-33-13-6-12-30-33/h3-6,8-13,18,35H,7,14-17,19-23H2,1-2H3/t29-/m1/s1. The Morgan fingerprint density at radius 1 is 1.03 bits per heavy atom. The topological polar surface area (TPSA) is 98.5 Å². The molecule has 1 amide bonds. The van der Waals surface area contributed by atoms with E-state index < -0.39 is 5.60 Å². The first-order valence-electron chi connectivity index (χ1n) is 13.1. The number of nitrogens with zero attached hydrogens (tertiary/aromatic N) is 4. The van der Waals surface area contributed by atoms with E-state index in [2.05, 4.69) is 10.00 Å². The van der Waals surface area contributed by atoms with Crippen LogP contribution in [0, 0.1) is 0 Å². The number of hydrogen-bond acceptors (Lipinski definition) is 8. The maximum absolute atomic E-state index is 12.7. The first-order valence-corrected chi connectivity index (χ1v) is 13.1. The van der Waals surface area contributed by atoms with Gasteiger partial charge in [-0.15, -0.1) is 0 Å². The van der Waals surface area contributed by atoms with Gasteiger partial charge in [0.15, 0.2) is 11.5 Å². The first kappa shape index (κ1) is 28.4. The third-order valence-corrected chi connectivity index (χ3v) is 6.54. The summed E-state index contributed by atoms with van der Waals surface area (Å²) in [5, 5.41) is 15.9. The normalized spacial score (nSPS) is 18.0. The average Bonchev–Trinajstić information content (AvgIpc) is 3.40. The number of β-amino-alcohol motifs (C(OH)–C–C–N with tert-alkyl or cyclic N) is 1. The van der Waals surface area contributed by atoms with E-state index in [1.807, 2.05) is 65.5 Å². The quantitative estimate of drug-likeness (QED) is 0.332. The summed E-state index contributed by atoms with van der Waals surface area (Å²) in [6, 6.07) is 17.1. The fraction of sp³-hybridized carbons (Fsp3) is 0.448. The summed E-state index contributed by atoms with van der Waals surface area (Å²) in [5.41, 5.74) is -0.255. The van der Waals surface area contributed by atoms with Crippen LogP contribution in [0.15, 0.2) is 67.0 Å². The molecule has 1 aromatic heterocycles. The van der Waals surface area contributed by atoms with E-state index >= 15 is 0 Å². The van der Waals surface area contributed by atoms with Crippen molar-refractivity contribution in [3.8, 4) is 17.2 Å². The molecule has 2 heterocycles. The molecule has 0 bridgehead atoms. The molecular formula is C29H38N4O6. The number of methoxy groups -OCH3 is 2. The number of ether oxygens (including phenoxy) is 4. The minimum absolute atomic E-state index is 0.0325. The molecule has 0 aliphatic carbocycles. The lowest BCUT2D eigenvalue weighted by molar-refractivity contribution is -0.138. The average molecular weight is 539 g/mol. The molecule has 3 aromatic rings. The lowest BCUT2D eigenvalue weighted by Crippen LogP contribution is -2.52. The van der Waals surface area contributed by atoms with Gasteiger partial charge >= 0.3 is 0 Å². The van der Waals surface area contributed by atoms with Crippen molar-refractivity contribution in [2.24, 2.45) is 0 Å². The van der Waals surface area contributed by atoms with Gasteiger partial charge in [-0.3, -0.25) is 14.4 Å². The van der Waals surface area contributed by atoms with Gasteiger partial charge in [-0.05, 0) is 35.9 Å². The predicted octanol–water partition coefficient (Wildman–Crippen LogP) is 2.46. The third kappa shape index (κ3) is 8.44. The van der Waals surface area contributed by atoms with Crippen LogP contribution in [-0.2, 0) is 22.6 Å². The van der Waals surface area contributed by atoms with Crippen molar-refractivity contribution in [2.75, 3.05) is 60.2 Å². The Balaban J connectivity index is 1.43. The van der Waals surface area contributed by atoms with E-state index in [1.165, 1.54) is 7.11 Å². The summed E-state index contributed by atoms with van der Waals surface area (Å²) in [7, 11) is 3.12. The van der Waals surface area contributed by atoms with Gasteiger partial charge in [0.2, 0.25) is 5.91 Å². The van der Waals surface area contributed by atoms with Crippen LogP contribution in [0.4, 0.5) is 0 Å². The fourth-order valence-corrected chi connectivity index (χ4v) is 4.66. The summed E-state index contributed by atoms with van der Waals surface area (Å²) >= 11 is 0. The first-order chi connectivity index (χ1) is 19.0. The molecule has 10 heteroatoms. The molecule has 4 rings (SSSR count). The van der Waals surface area contributed by atoms with Gasteiger partial charge < -0.3 is 29.0 Å². The van der Waals surface area contributed by atoms with Crippen LogP contribution in [0.3, 0.4) is 0 Å². The summed E-state index contributed by atoms with van der Waals surface area (Å²) in [5.74, 6) is 1.84. The van der Waals surface area contributed by atoms with Gasteiger partial charge in [-0.25, -0.2) is 0 Å². The van der Waals surface area contributed by atoms with Crippen LogP contribution < -0.4 is 14.2 Å². The van der Waals surface area contributed by atoms with E-state index in [4.69, 9.17) is 18.9 Å². The van der Waals surface area contributed by atoms with Crippen molar-refractivity contribution in [3.05, 3.63) is 72.6 Å². The predicted molar refractivity (Wildman–Crippen MR) is 146 cm³/mol. The van der Waals surface area contributed by atoms with Gasteiger partial charge in [0.25, 0.3) is 0 Å². The molecule has 1 aliphatic heterocycles. The van der Waals surface area contributed by atoms with E-state index in [-0.39, 0.29) is 25.7 Å². The summed E-state index contributed by atoms with van der Waals surface area (Å²) in [4.78, 5) is 16.5. The summed E-state index contributed by atoms with van der Waals surface area (Å²) in [6.07, 6.45) is 4.50. The number of aryl methyl sites for hydroxylation is 1. The minimum Gasteiger partial charge on any atom is -0.493 e. The van der Waals surface area contributed by atoms with Crippen molar-refractivity contribution in [2.45, 2.75) is 25.1 Å². The highest BCUT2D eigenvalue weighted by atomic mass is 16.5. The number of carbonyl (C=O) groups is 1. The van der Waals surface area contributed by atoms with E-state index in [1.54, 1.807) is 18.2 Å². The molecule has 1 saturated heterocycles. The zero-order valence-corrected chi connectivity index (χ0v) is 22.7. The maximum Gasteiger partial charge on any atom is 0.248 e. The molecule has 1 aliphatic rings. The van der Waals surface area contributed by atoms with Gasteiger partial charge in [0.1, 0.15) is 24.6 Å². The third-order valence-electron chi connectivity index (χ3n) is 6.54. The monoisotopic (exact) mass is 538 g/mol. The number of aromatic nitrogens is 2. The molecule has 0 radical (unpaired) electrons. The Bertz CT molecular complexity index is 1160. The molecule has 1 N–H and O–H groups in total. The van der Waals surface area contributed by atoms with Crippen LogP contribution in [0.1, 0.15) is 12.0 Å². The highest BCUT2D eigenvalue weighted by molar-refractivity contribution is 5.77. The SMILES string of the molecule is COCC(=O)N1CCN(Cc2ccc(OC)c(OCCCn3cccn3)c2)C[C@](O)(COc2ccccc2)C1. The van der Waals surface area contributed by atoms with Crippen LogP contribution >= 0.6 is 0 Å². The number of aliphatic hydroxyl groups is 1. The number of amides is 1. The second-order valence-corrected chi connectivity index (χ2v) is 9.74. The lowest BCUT2D eigenvalue weighted by atomic mass is 10.0. The second-order valence-electron chi connectivity index (χ2n) is 9.74. The number of benzene rings is 2. The van der Waals surface area contributed by atoms with Gasteiger partial charge in [0.05, 0.1) is 20.3 Å². The smallest absolute Gasteiger partial charge is 0.248 e. The van der Waals surface area contributed by atoms with Crippen LogP contribution in [-0.4, -0.2) is 96.4 Å². The molecule has 0 spiro atoms. The number of rotatable bonds is 13. The van der Waals surface area contributed by atoms with Crippen molar-refractivity contribution in [1.29, 1.82) is 0 Å². The molecule has 1 fully saturated rings. The molecule has 0 saturated carbocycles. The summed E-state index contributed by atoms with van der Waals surface area (Å²) in [6.45, 7) is 3.44. The maximum atomic E-state index is 12.7. The highest BCUT2D eigenvalue weighted by Crippen LogP contribution is 2.29. The van der Waals surface area contributed by atoms with Gasteiger partial charge in [0, 0.05) is 58.6 Å². The molecule has 2 aromatic carbocycles. The van der Waals surface area contributed by atoms with E-state index in [0.29, 0.717) is 50.0 Å². The molecule has 210 valence electrons. The zero-order valence-electron chi connectivity index (χ0n) is 22.7. The van der Waals surface area contributed by atoms with E-state index in [0.717, 1.165) is 18.5 Å². The Morgan fingerprint density at radius 3 is 2.62 bits per heavy atom. The van der Waals surface area contributed by atoms with Crippen LogP contribution in [0.25, 0.3) is 0 Å². The molecule has 39 heavy (non-hydrogen) atoms. The van der Waals surface area contributed by atoms with Crippen molar-refractivity contribution >= 4 is 5.91 Å². The molecule has 0 unspecified atom stereocenters. The van der Waals surface area contributed by atoms with Gasteiger partial charge in [-0.1, -0.05) is 24.3 Å². The zero-order chi connectivity index (χ0) is 27.5. The second kappa shape index (κ2) is 14.0. The van der Waals surface area contributed by atoms with Crippen molar-refractivity contribution < 1.29 is 28.8 Å². The van der Waals surface area contributed by atoms with E-state index in [9.17, 15) is 9.90 Å². The Morgan fingerprint density at radius 2 is 1.87 bits per heavy atom.